The molecule has 0 aromatic heterocycles. The molecular formula is C12H26O2. The highest BCUT2D eigenvalue weighted by Gasteiger charge is 2.12. The Morgan fingerprint density at radius 2 is 1.79 bits per heavy atom. The molecule has 0 aliphatic carbocycles. The summed E-state index contributed by atoms with van der Waals surface area (Å²) in [6.07, 6.45) is 7.05. The van der Waals surface area contributed by atoms with Crippen molar-refractivity contribution in [2.24, 2.45) is 5.92 Å². The molecule has 0 aliphatic heterocycles. The Kier molecular flexibility index (Phi) is 9.42. The summed E-state index contributed by atoms with van der Waals surface area (Å²) in [6, 6.07) is 0. The third kappa shape index (κ3) is 7.34. The van der Waals surface area contributed by atoms with Crippen molar-refractivity contribution in [1.82, 2.24) is 0 Å². The maximum absolute atomic E-state index is 9.73. The molecule has 2 nitrogen and oxygen atoms in total. The van der Waals surface area contributed by atoms with E-state index in [0.717, 1.165) is 12.8 Å². The summed E-state index contributed by atoms with van der Waals surface area (Å²) in [4.78, 5) is 0. The van der Waals surface area contributed by atoms with E-state index in [1.54, 1.807) is 7.11 Å². The molecule has 0 heterocycles. The zero-order valence-electron chi connectivity index (χ0n) is 9.96. The molecule has 2 atom stereocenters. The summed E-state index contributed by atoms with van der Waals surface area (Å²) in [5.74, 6) is 0.270. The molecule has 2 heteroatoms. The van der Waals surface area contributed by atoms with Gasteiger partial charge in [-0.25, -0.2) is 0 Å². The van der Waals surface area contributed by atoms with Gasteiger partial charge < -0.3 is 9.84 Å². The number of methoxy groups -OCH3 is 1. The molecule has 86 valence electrons. The van der Waals surface area contributed by atoms with Crippen LogP contribution in [0.2, 0.25) is 0 Å². The van der Waals surface area contributed by atoms with E-state index in [0.29, 0.717) is 6.61 Å². The summed E-state index contributed by atoms with van der Waals surface area (Å²) >= 11 is 0. The van der Waals surface area contributed by atoms with Crippen LogP contribution in [-0.2, 0) is 4.74 Å². The third-order valence-electron chi connectivity index (χ3n) is 2.69. The summed E-state index contributed by atoms with van der Waals surface area (Å²) in [5, 5.41) is 9.73. The largest absolute Gasteiger partial charge is 0.393 e. The number of aliphatic hydroxyl groups excluding tert-OH is 1. The lowest BCUT2D eigenvalue weighted by molar-refractivity contribution is 0.0503. The second-order valence-corrected chi connectivity index (χ2v) is 4.20. The third-order valence-corrected chi connectivity index (χ3v) is 2.69. The van der Waals surface area contributed by atoms with E-state index in [-0.39, 0.29) is 12.0 Å². The van der Waals surface area contributed by atoms with Crippen LogP contribution in [0.5, 0.6) is 0 Å². The zero-order valence-corrected chi connectivity index (χ0v) is 9.96. The van der Waals surface area contributed by atoms with Crippen LogP contribution < -0.4 is 0 Å². The van der Waals surface area contributed by atoms with Crippen LogP contribution in [0.15, 0.2) is 0 Å². The summed E-state index contributed by atoms with van der Waals surface area (Å²) in [5.41, 5.74) is 0. The van der Waals surface area contributed by atoms with Crippen LogP contribution in [0.3, 0.4) is 0 Å². The van der Waals surface area contributed by atoms with E-state index in [4.69, 9.17) is 4.74 Å². The number of ether oxygens (including phenoxy) is 1. The molecule has 0 aliphatic rings. The van der Waals surface area contributed by atoms with Gasteiger partial charge in [0.15, 0.2) is 0 Å². The molecule has 0 fully saturated rings. The van der Waals surface area contributed by atoms with Crippen LogP contribution in [-0.4, -0.2) is 24.9 Å². The van der Waals surface area contributed by atoms with Gasteiger partial charge >= 0.3 is 0 Å². The van der Waals surface area contributed by atoms with Gasteiger partial charge in [0.05, 0.1) is 12.7 Å². The van der Waals surface area contributed by atoms with E-state index in [1.807, 2.05) is 6.92 Å². The fraction of sp³-hybridized carbons (Fsp3) is 1.00. The summed E-state index contributed by atoms with van der Waals surface area (Å²) in [7, 11) is 1.68. The maximum atomic E-state index is 9.73. The SMILES string of the molecule is CCCCCCCC(O)C(C)COC. The van der Waals surface area contributed by atoms with Crippen LogP contribution in [0.1, 0.15) is 52.4 Å². The quantitative estimate of drug-likeness (QED) is 0.582. The first-order valence-corrected chi connectivity index (χ1v) is 5.89. The van der Waals surface area contributed by atoms with Gasteiger partial charge in [-0.1, -0.05) is 46.0 Å². The van der Waals surface area contributed by atoms with Crippen molar-refractivity contribution in [3.63, 3.8) is 0 Å². The molecule has 0 saturated heterocycles. The Labute approximate surface area is 88.7 Å². The average Bonchev–Trinajstić information content (AvgIpc) is 2.17. The topological polar surface area (TPSA) is 29.5 Å². The normalized spacial score (nSPS) is 15.4. The van der Waals surface area contributed by atoms with Crippen molar-refractivity contribution in [3.8, 4) is 0 Å². The van der Waals surface area contributed by atoms with E-state index in [1.165, 1.54) is 25.7 Å². The van der Waals surface area contributed by atoms with Crippen molar-refractivity contribution < 1.29 is 9.84 Å². The standard InChI is InChI=1S/C12H26O2/c1-4-5-6-7-8-9-12(13)11(2)10-14-3/h11-13H,4-10H2,1-3H3. The number of aliphatic hydroxyl groups is 1. The highest BCUT2D eigenvalue weighted by molar-refractivity contribution is 4.63. The van der Waals surface area contributed by atoms with E-state index in [9.17, 15) is 5.11 Å². The smallest absolute Gasteiger partial charge is 0.0587 e. The monoisotopic (exact) mass is 202 g/mol. The molecule has 0 bridgehead atoms. The van der Waals surface area contributed by atoms with Crippen LogP contribution in [0.25, 0.3) is 0 Å². The first-order valence-electron chi connectivity index (χ1n) is 5.89. The highest BCUT2D eigenvalue weighted by Crippen LogP contribution is 2.13. The van der Waals surface area contributed by atoms with Gasteiger partial charge in [0.2, 0.25) is 0 Å². The molecule has 0 rings (SSSR count). The fourth-order valence-electron chi connectivity index (χ4n) is 1.62. The molecule has 1 N–H and O–H groups in total. The minimum absolute atomic E-state index is 0.184. The molecule has 0 aromatic carbocycles. The van der Waals surface area contributed by atoms with E-state index >= 15 is 0 Å². The van der Waals surface area contributed by atoms with Crippen molar-refractivity contribution >= 4 is 0 Å². The second kappa shape index (κ2) is 9.47. The first-order chi connectivity index (χ1) is 6.72. The summed E-state index contributed by atoms with van der Waals surface area (Å²) in [6.45, 7) is 4.92. The predicted molar refractivity (Wildman–Crippen MR) is 60.4 cm³/mol. The van der Waals surface area contributed by atoms with Gasteiger partial charge in [-0.2, -0.15) is 0 Å². The number of hydrogen-bond donors (Lipinski definition) is 1. The Morgan fingerprint density at radius 3 is 2.36 bits per heavy atom. The van der Waals surface area contributed by atoms with Crippen LogP contribution in [0.4, 0.5) is 0 Å². The molecule has 0 radical (unpaired) electrons. The van der Waals surface area contributed by atoms with Crippen molar-refractivity contribution in [3.05, 3.63) is 0 Å². The predicted octanol–water partition coefficient (Wildman–Crippen LogP) is 2.99. The van der Waals surface area contributed by atoms with Crippen molar-refractivity contribution in [2.45, 2.75) is 58.5 Å². The molecule has 2 unspecified atom stereocenters. The Bertz CT molecular complexity index is 115. The lowest BCUT2D eigenvalue weighted by Crippen LogP contribution is -2.21. The van der Waals surface area contributed by atoms with Gasteiger partial charge in [0.1, 0.15) is 0 Å². The molecule has 0 aromatic rings. The van der Waals surface area contributed by atoms with Crippen LogP contribution in [0, 0.1) is 5.92 Å². The lowest BCUT2D eigenvalue weighted by atomic mass is 9.99. The fourth-order valence-corrected chi connectivity index (χ4v) is 1.62. The number of unbranched alkanes of at least 4 members (excludes halogenated alkanes) is 4. The lowest BCUT2D eigenvalue weighted by Gasteiger charge is -2.17. The van der Waals surface area contributed by atoms with Gasteiger partial charge in [0, 0.05) is 13.0 Å². The van der Waals surface area contributed by atoms with E-state index in [2.05, 4.69) is 6.92 Å². The van der Waals surface area contributed by atoms with Gasteiger partial charge in [-0.3, -0.25) is 0 Å². The van der Waals surface area contributed by atoms with Gasteiger partial charge in [-0.15, -0.1) is 0 Å². The Morgan fingerprint density at radius 1 is 1.14 bits per heavy atom. The molecule has 14 heavy (non-hydrogen) atoms. The molecule has 0 amide bonds. The molecule has 0 spiro atoms. The molecule has 0 saturated carbocycles. The summed E-state index contributed by atoms with van der Waals surface area (Å²) < 4.78 is 5.01. The number of rotatable bonds is 9. The second-order valence-electron chi connectivity index (χ2n) is 4.20. The minimum Gasteiger partial charge on any atom is -0.393 e. The van der Waals surface area contributed by atoms with Crippen LogP contribution >= 0.6 is 0 Å². The zero-order chi connectivity index (χ0) is 10.8. The van der Waals surface area contributed by atoms with Crippen molar-refractivity contribution in [1.29, 1.82) is 0 Å². The van der Waals surface area contributed by atoms with Gasteiger partial charge in [0.25, 0.3) is 0 Å². The number of hydrogen-bond acceptors (Lipinski definition) is 2. The maximum Gasteiger partial charge on any atom is 0.0587 e. The van der Waals surface area contributed by atoms with E-state index < -0.39 is 0 Å². The Hall–Kier alpha value is -0.0800. The minimum atomic E-state index is -0.184. The van der Waals surface area contributed by atoms with Crippen molar-refractivity contribution in [2.75, 3.05) is 13.7 Å². The average molecular weight is 202 g/mol. The molecular weight excluding hydrogens is 176 g/mol. The Balaban J connectivity index is 3.29. The first kappa shape index (κ1) is 13.9. The highest BCUT2D eigenvalue weighted by atomic mass is 16.5. The van der Waals surface area contributed by atoms with Gasteiger partial charge in [-0.05, 0) is 6.42 Å².